The van der Waals surface area contributed by atoms with Crippen LogP contribution < -0.4 is 0 Å². The van der Waals surface area contributed by atoms with Gasteiger partial charge in [0.1, 0.15) is 5.60 Å². The molecule has 0 unspecified atom stereocenters. The fraction of sp³-hybridized carbons (Fsp3) is 0.562. The van der Waals surface area contributed by atoms with Crippen LogP contribution in [0.2, 0.25) is 0 Å². The van der Waals surface area contributed by atoms with Crippen LogP contribution in [0.25, 0.3) is 0 Å². The van der Waals surface area contributed by atoms with Gasteiger partial charge in [-0.15, -0.1) is 0 Å². The standard InChI is InChI=1S/C16H23NO4/c1-16(2,3)21-15(20)17-10-12(9-13(17)14(18)19)11-7-5-4-6-8-11/h4-8,12-14,18-19H,9-10H2,1-3H3/t12-,13+/m1/s1. The molecule has 0 aromatic heterocycles. The van der Waals surface area contributed by atoms with Gasteiger partial charge < -0.3 is 14.9 Å². The summed E-state index contributed by atoms with van der Waals surface area (Å²) in [4.78, 5) is 13.7. The summed E-state index contributed by atoms with van der Waals surface area (Å²) in [6.07, 6.45) is -1.55. The van der Waals surface area contributed by atoms with Gasteiger partial charge in [0.05, 0.1) is 6.04 Å². The Bertz CT molecular complexity index is 481. The Hall–Kier alpha value is -1.59. The van der Waals surface area contributed by atoms with Crippen LogP contribution in [0.15, 0.2) is 30.3 Å². The van der Waals surface area contributed by atoms with E-state index in [1.807, 2.05) is 30.3 Å². The van der Waals surface area contributed by atoms with Gasteiger partial charge >= 0.3 is 6.09 Å². The molecule has 1 saturated heterocycles. The van der Waals surface area contributed by atoms with Crippen molar-refractivity contribution < 1.29 is 19.7 Å². The predicted molar refractivity (Wildman–Crippen MR) is 78.8 cm³/mol. The third-order valence-corrected chi connectivity index (χ3v) is 3.59. The molecular formula is C16H23NO4. The van der Waals surface area contributed by atoms with E-state index < -0.39 is 24.0 Å². The number of likely N-dealkylation sites (tertiary alicyclic amines) is 1. The van der Waals surface area contributed by atoms with Crippen molar-refractivity contribution in [2.45, 2.75) is 51.0 Å². The maximum absolute atomic E-state index is 12.2. The Morgan fingerprint density at radius 3 is 2.43 bits per heavy atom. The molecule has 1 aliphatic rings. The van der Waals surface area contributed by atoms with E-state index in [2.05, 4.69) is 0 Å². The van der Waals surface area contributed by atoms with Crippen molar-refractivity contribution >= 4 is 6.09 Å². The molecule has 1 aliphatic heterocycles. The van der Waals surface area contributed by atoms with Gasteiger partial charge in [-0.1, -0.05) is 30.3 Å². The molecule has 1 aromatic carbocycles. The first-order valence-electron chi connectivity index (χ1n) is 7.18. The van der Waals surface area contributed by atoms with E-state index in [0.717, 1.165) is 5.56 Å². The number of amides is 1. The Labute approximate surface area is 125 Å². The summed E-state index contributed by atoms with van der Waals surface area (Å²) >= 11 is 0. The smallest absolute Gasteiger partial charge is 0.410 e. The van der Waals surface area contributed by atoms with Gasteiger partial charge in [-0.05, 0) is 32.8 Å². The van der Waals surface area contributed by atoms with E-state index in [4.69, 9.17) is 4.74 Å². The van der Waals surface area contributed by atoms with Crippen molar-refractivity contribution in [3.63, 3.8) is 0 Å². The van der Waals surface area contributed by atoms with Crippen molar-refractivity contribution in [2.24, 2.45) is 0 Å². The lowest BCUT2D eigenvalue weighted by Gasteiger charge is -2.29. The third-order valence-electron chi connectivity index (χ3n) is 3.59. The highest BCUT2D eigenvalue weighted by molar-refractivity contribution is 5.69. The highest BCUT2D eigenvalue weighted by atomic mass is 16.6. The fourth-order valence-corrected chi connectivity index (χ4v) is 2.65. The van der Waals surface area contributed by atoms with Crippen LogP contribution in [0, 0.1) is 0 Å². The molecule has 0 spiro atoms. The SMILES string of the molecule is CC(C)(C)OC(=O)N1C[C@H](c2ccccc2)C[C@H]1C(O)O. The Morgan fingerprint density at radius 2 is 1.90 bits per heavy atom. The third kappa shape index (κ3) is 3.95. The lowest BCUT2D eigenvalue weighted by molar-refractivity contribution is -0.0913. The first-order chi connectivity index (χ1) is 9.78. The van der Waals surface area contributed by atoms with Gasteiger partial charge in [0, 0.05) is 12.5 Å². The molecule has 1 aromatic rings. The van der Waals surface area contributed by atoms with Crippen molar-refractivity contribution in [1.82, 2.24) is 4.90 Å². The highest BCUT2D eigenvalue weighted by Gasteiger charge is 2.41. The quantitative estimate of drug-likeness (QED) is 0.819. The summed E-state index contributed by atoms with van der Waals surface area (Å²) < 4.78 is 5.35. The molecule has 2 rings (SSSR count). The second-order valence-corrected chi connectivity index (χ2v) is 6.46. The van der Waals surface area contributed by atoms with Crippen LogP contribution >= 0.6 is 0 Å². The number of carbonyl (C=O) groups excluding carboxylic acids is 1. The number of carbonyl (C=O) groups is 1. The van der Waals surface area contributed by atoms with Crippen molar-refractivity contribution in [3.05, 3.63) is 35.9 Å². The number of ether oxygens (including phenoxy) is 1. The summed E-state index contributed by atoms with van der Waals surface area (Å²) in [5.41, 5.74) is 0.488. The zero-order chi connectivity index (χ0) is 15.6. The lowest BCUT2D eigenvalue weighted by Crippen LogP contribution is -2.45. The number of benzene rings is 1. The Morgan fingerprint density at radius 1 is 1.29 bits per heavy atom. The second kappa shape index (κ2) is 6.03. The van der Waals surface area contributed by atoms with Gasteiger partial charge in [0.2, 0.25) is 0 Å². The molecule has 0 aliphatic carbocycles. The molecule has 5 heteroatoms. The first-order valence-corrected chi connectivity index (χ1v) is 7.18. The van der Waals surface area contributed by atoms with Crippen LogP contribution in [0.4, 0.5) is 4.79 Å². The minimum atomic E-state index is -1.56. The molecule has 1 fully saturated rings. The molecule has 1 heterocycles. The average molecular weight is 293 g/mol. The van der Waals surface area contributed by atoms with Crippen LogP contribution in [-0.4, -0.2) is 45.7 Å². The predicted octanol–water partition coefficient (Wildman–Crippen LogP) is 2.09. The van der Waals surface area contributed by atoms with E-state index >= 15 is 0 Å². The van der Waals surface area contributed by atoms with Crippen molar-refractivity contribution in [1.29, 1.82) is 0 Å². The Kier molecular flexibility index (Phi) is 4.54. The van der Waals surface area contributed by atoms with E-state index in [1.165, 1.54) is 4.90 Å². The topological polar surface area (TPSA) is 70.0 Å². The van der Waals surface area contributed by atoms with Crippen molar-refractivity contribution in [2.75, 3.05) is 6.54 Å². The lowest BCUT2D eigenvalue weighted by atomic mass is 9.96. The average Bonchev–Trinajstić information content (AvgIpc) is 2.83. The molecule has 116 valence electrons. The van der Waals surface area contributed by atoms with Crippen LogP contribution in [0.5, 0.6) is 0 Å². The zero-order valence-corrected chi connectivity index (χ0v) is 12.7. The summed E-state index contributed by atoms with van der Waals surface area (Å²) in [7, 11) is 0. The normalized spacial score (nSPS) is 22.7. The van der Waals surface area contributed by atoms with Gasteiger partial charge in [0.15, 0.2) is 6.29 Å². The number of nitrogens with zero attached hydrogens (tertiary/aromatic N) is 1. The van der Waals surface area contributed by atoms with Gasteiger partial charge in [-0.2, -0.15) is 0 Å². The monoisotopic (exact) mass is 293 g/mol. The number of aliphatic hydroxyl groups is 2. The van der Waals surface area contributed by atoms with Crippen LogP contribution in [0.3, 0.4) is 0 Å². The maximum Gasteiger partial charge on any atom is 0.410 e. The van der Waals surface area contributed by atoms with Gasteiger partial charge in [0.25, 0.3) is 0 Å². The molecule has 21 heavy (non-hydrogen) atoms. The van der Waals surface area contributed by atoms with E-state index in [1.54, 1.807) is 20.8 Å². The number of rotatable bonds is 2. The molecule has 1 amide bonds. The largest absolute Gasteiger partial charge is 0.444 e. The van der Waals surface area contributed by atoms with E-state index in [0.29, 0.717) is 13.0 Å². The molecule has 2 N–H and O–H groups in total. The number of hydrogen-bond donors (Lipinski definition) is 2. The van der Waals surface area contributed by atoms with Gasteiger partial charge in [-0.3, -0.25) is 4.90 Å². The summed E-state index contributed by atoms with van der Waals surface area (Å²) in [5.74, 6) is 0.0884. The molecule has 2 atom stereocenters. The maximum atomic E-state index is 12.2. The number of hydrogen-bond acceptors (Lipinski definition) is 4. The van der Waals surface area contributed by atoms with E-state index in [-0.39, 0.29) is 5.92 Å². The molecular weight excluding hydrogens is 270 g/mol. The fourth-order valence-electron chi connectivity index (χ4n) is 2.65. The molecule has 0 saturated carbocycles. The van der Waals surface area contributed by atoms with Gasteiger partial charge in [-0.25, -0.2) is 4.79 Å². The molecule has 0 bridgehead atoms. The van der Waals surface area contributed by atoms with Crippen molar-refractivity contribution in [3.8, 4) is 0 Å². The minimum absolute atomic E-state index is 0.0884. The zero-order valence-electron chi connectivity index (χ0n) is 12.7. The first kappa shape index (κ1) is 15.8. The second-order valence-electron chi connectivity index (χ2n) is 6.46. The molecule has 0 radical (unpaired) electrons. The minimum Gasteiger partial charge on any atom is -0.444 e. The van der Waals surface area contributed by atoms with Crippen LogP contribution in [0.1, 0.15) is 38.7 Å². The Balaban J connectivity index is 2.14. The highest BCUT2D eigenvalue weighted by Crippen LogP contribution is 2.33. The number of aliphatic hydroxyl groups excluding tert-OH is 1. The summed E-state index contributed by atoms with van der Waals surface area (Å²) in [6, 6.07) is 9.16. The molecule has 5 nitrogen and oxygen atoms in total. The summed E-state index contributed by atoms with van der Waals surface area (Å²) in [6.45, 7) is 5.81. The van der Waals surface area contributed by atoms with Crippen LogP contribution in [-0.2, 0) is 4.74 Å². The summed E-state index contributed by atoms with van der Waals surface area (Å²) in [5, 5.41) is 19.1. The van der Waals surface area contributed by atoms with E-state index in [9.17, 15) is 15.0 Å².